The molecule has 5 heteroatoms. The van der Waals surface area contributed by atoms with Crippen molar-refractivity contribution in [1.29, 1.82) is 0 Å². The zero-order chi connectivity index (χ0) is 20.5. The number of hydrogen-bond acceptors (Lipinski definition) is 5. The van der Waals surface area contributed by atoms with E-state index in [2.05, 4.69) is 59.1 Å². The number of rotatable bonds is 4. The van der Waals surface area contributed by atoms with E-state index in [0.29, 0.717) is 12.1 Å². The summed E-state index contributed by atoms with van der Waals surface area (Å²) in [6, 6.07) is 12.2. The molecule has 0 bridgehead atoms. The molecular formula is C25H34N4O. The summed E-state index contributed by atoms with van der Waals surface area (Å²) in [6.07, 6.45) is 6.73. The van der Waals surface area contributed by atoms with Gasteiger partial charge < -0.3 is 9.64 Å². The highest BCUT2D eigenvalue weighted by Crippen LogP contribution is 2.35. The molecule has 3 heterocycles. The smallest absolute Gasteiger partial charge is 0.0642 e. The standard InChI is InChI=1S/C25H34N4O/c1-27-17-20-7-4-9-23(29-12-14-30-15-13-29)22(20)16-21(27)18-28(2)24-10-3-6-19-8-5-11-26-25(19)24/h4-5,7-9,11,21,24H,3,6,10,12-18H2,1-2H3/t21-,24-/m0/s1. The van der Waals surface area contributed by atoms with Gasteiger partial charge >= 0.3 is 0 Å². The second-order valence-electron chi connectivity index (χ2n) is 9.18. The molecule has 160 valence electrons. The predicted octanol–water partition coefficient (Wildman–Crippen LogP) is 3.28. The van der Waals surface area contributed by atoms with E-state index in [9.17, 15) is 0 Å². The molecule has 1 fully saturated rings. The minimum absolute atomic E-state index is 0.444. The molecule has 5 rings (SSSR count). The Labute approximate surface area is 180 Å². The number of ether oxygens (including phenoxy) is 1. The second-order valence-corrected chi connectivity index (χ2v) is 9.18. The average Bonchev–Trinajstić information content (AvgIpc) is 2.79. The molecule has 0 N–H and O–H groups in total. The molecule has 0 radical (unpaired) electrons. The largest absolute Gasteiger partial charge is 0.378 e. The summed E-state index contributed by atoms with van der Waals surface area (Å²) >= 11 is 0. The molecule has 2 aliphatic heterocycles. The first kappa shape index (κ1) is 20.0. The van der Waals surface area contributed by atoms with Gasteiger partial charge in [0.05, 0.1) is 24.9 Å². The van der Waals surface area contributed by atoms with Gasteiger partial charge in [0.25, 0.3) is 0 Å². The summed E-state index contributed by atoms with van der Waals surface area (Å²) in [5.41, 5.74) is 7.22. The third-order valence-electron chi connectivity index (χ3n) is 7.28. The number of aryl methyl sites for hydroxylation is 1. The molecular weight excluding hydrogens is 372 g/mol. The molecule has 1 saturated heterocycles. The number of fused-ring (bicyclic) bond motifs is 2. The number of aromatic nitrogens is 1. The number of likely N-dealkylation sites (N-methyl/N-ethyl adjacent to an activating group) is 2. The fourth-order valence-corrected chi connectivity index (χ4v) is 5.57. The van der Waals surface area contributed by atoms with Crippen molar-refractivity contribution in [2.75, 3.05) is 51.8 Å². The van der Waals surface area contributed by atoms with Gasteiger partial charge in [0.15, 0.2) is 0 Å². The first-order chi connectivity index (χ1) is 14.7. The lowest BCUT2D eigenvalue weighted by molar-refractivity contribution is 0.121. The quantitative estimate of drug-likeness (QED) is 0.778. The predicted molar refractivity (Wildman–Crippen MR) is 121 cm³/mol. The summed E-state index contributed by atoms with van der Waals surface area (Å²) < 4.78 is 5.59. The normalized spacial score (nSPS) is 24.6. The van der Waals surface area contributed by atoms with Gasteiger partial charge in [-0.05, 0) is 68.6 Å². The molecule has 3 aliphatic rings. The number of pyridine rings is 1. The van der Waals surface area contributed by atoms with Gasteiger partial charge in [-0.1, -0.05) is 18.2 Å². The van der Waals surface area contributed by atoms with Crippen LogP contribution >= 0.6 is 0 Å². The van der Waals surface area contributed by atoms with Crippen molar-refractivity contribution >= 4 is 5.69 Å². The van der Waals surface area contributed by atoms with Crippen LogP contribution in [-0.2, 0) is 24.1 Å². The van der Waals surface area contributed by atoms with E-state index in [1.807, 2.05) is 6.20 Å². The SMILES string of the molecule is CN1Cc2cccc(N3CCOCC3)c2C[C@H]1CN(C)[C@H]1CCCc2cccnc21. The summed E-state index contributed by atoms with van der Waals surface area (Å²) in [6.45, 7) is 5.79. The fourth-order valence-electron chi connectivity index (χ4n) is 5.57. The molecule has 2 atom stereocenters. The van der Waals surface area contributed by atoms with E-state index in [1.165, 1.54) is 41.8 Å². The van der Waals surface area contributed by atoms with Crippen LogP contribution in [0.1, 0.15) is 41.3 Å². The van der Waals surface area contributed by atoms with Crippen LogP contribution in [0.3, 0.4) is 0 Å². The topological polar surface area (TPSA) is 31.8 Å². The fraction of sp³-hybridized carbons (Fsp3) is 0.560. The van der Waals surface area contributed by atoms with Gasteiger partial charge in [0.2, 0.25) is 0 Å². The maximum Gasteiger partial charge on any atom is 0.0642 e. The van der Waals surface area contributed by atoms with Gasteiger partial charge in [-0.15, -0.1) is 0 Å². The van der Waals surface area contributed by atoms with Crippen molar-refractivity contribution in [1.82, 2.24) is 14.8 Å². The Morgan fingerprint density at radius 2 is 1.97 bits per heavy atom. The van der Waals surface area contributed by atoms with Crippen molar-refractivity contribution in [2.24, 2.45) is 0 Å². The summed E-state index contributed by atoms with van der Waals surface area (Å²) in [5, 5.41) is 0. The van der Waals surface area contributed by atoms with Crippen molar-refractivity contribution in [3.63, 3.8) is 0 Å². The lowest BCUT2D eigenvalue weighted by atomic mass is 9.89. The van der Waals surface area contributed by atoms with Crippen LogP contribution in [0.15, 0.2) is 36.5 Å². The number of nitrogens with zero attached hydrogens (tertiary/aromatic N) is 4. The van der Waals surface area contributed by atoms with Crippen LogP contribution in [-0.4, -0.2) is 67.8 Å². The molecule has 1 aromatic carbocycles. The van der Waals surface area contributed by atoms with Crippen LogP contribution < -0.4 is 4.90 Å². The third-order valence-corrected chi connectivity index (χ3v) is 7.28. The van der Waals surface area contributed by atoms with E-state index < -0.39 is 0 Å². The number of morpholine rings is 1. The summed E-state index contributed by atoms with van der Waals surface area (Å²) in [4.78, 5) is 12.4. The van der Waals surface area contributed by atoms with Crippen LogP contribution in [0.2, 0.25) is 0 Å². The monoisotopic (exact) mass is 406 g/mol. The molecule has 0 saturated carbocycles. The Bertz CT molecular complexity index is 879. The lowest BCUT2D eigenvalue weighted by Gasteiger charge is -2.41. The van der Waals surface area contributed by atoms with E-state index >= 15 is 0 Å². The Balaban J connectivity index is 1.35. The van der Waals surface area contributed by atoms with Gasteiger partial charge in [-0.25, -0.2) is 0 Å². The highest BCUT2D eigenvalue weighted by Gasteiger charge is 2.31. The Morgan fingerprint density at radius 3 is 2.83 bits per heavy atom. The zero-order valence-corrected chi connectivity index (χ0v) is 18.4. The molecule has 0 unspecified atom stereocenters. The Morgan fingerprint density at radius 1 is 1.13 bits per heavy atom. The summed E-state index contributed by atoms with van der Waals surface area (Å²) in [7, 11) is 4.58. The van der Waals surface area contributed by atoms with Gasteiger partial charge in [-0.3, -0.25) is 14.8 Å². The molecule has 1 aromatic heterocycles. The van der Waals surface area contributed by atoms with Crippen LogP contribution in [0.5, 0.6) is 0 Å². The molecule has 0 amide bonds. The van der Waals surface area contributed by atoms with E-state index in [4.69, 9.17) is 9.72 Å². The second kappa shape index (κ2) is 8.66. The molecule has 0 spiro atoms. The highest BCUT2D eigenvalue weighted by atomic mass is 16.5. The lowest BCUT2D eigenvalue weighted by Crippen LogP contribution is -2.46. The van der Waals surface area contributed by atoms with Crippen LogP contribution in [0.25, 0.3) is 0 Å². The maximum atomic E-state index is 5.59. The number of benzene rings is 1. The minimum Gasteiger partial charge on any atom is -0.378 e. The van der Waals surface area contributed by atoms with E-state index in [-0.39, 0.29) is 0 Å². The van der Waals surface area contributed by atoms with Crippen molar-refractivity contribution in [2.45, 2.75) is 44.3 Å². The third kappa shape index (κ3) is 3.86. The molecule has 2 aromatic rings. The zero-order valence-electron chi connectivity index (χ0n) is 18.4. The highest BCUT2D eigenvalue weighted by molar-refractivity contribution is 5.58. The van der Waals surface area contributed by atoms with Gasteiger partial charge in [0, 0.05) is 44.1 Å². The van der Waals surface area contributed by atoms with Crippen LogP contribution in [0.4, 0.5) is 5.69 Å². The average molecular weight is 407 g/mol. The Hall–Kier alpha value is -1.95. The first-order valence-electron chi connectivity index (χ1n) is 11.5. The Kier molecular flexibility index (Phi) is 5.77. The maximum absolute atomic E-state index is 5.59. The number of hydrogen-bond donors (Lipinski definition) is 0. The van der Waals surface area contributed by atoms with Crippen molar-refractivity contribution < 1.29 is 4.74 Å². The van der Waals surface area contributed by atoms with E-state index in [1.54, 1.807) is 5.56 Å². The number of anilines is 1. The van der Waals surface area contributed by atoms with Crippen molar-refractivity contribution in [3.8, 4) is 0 Å². The molecule has 30 heavy (non-hydrogen) atoms. The molecule has 5 nitrogen and oxygen atoms in total. The van der Waals surface area contributed by atoms with Crippen molar-refractivity contribution in [3.05, 3.63) is 58.9 Å². The van der Waals surface area contributed by atoms with E-state index in [0.717, 1.165) is 45.8 Å². The van der Waals surface area contributed by atoms with Gasteiger partial charge in [0.1, 0.15) is 0 Å². The molecule has 1 aliphatic carbocycles. The van der Waals surface area contributed by atoms with Gasteiger partial charge in [-0.2, -0.15) is 0 Å². The van der Waals surface area contributed by atoms with Crippen LogP contribution in [0, 0.1) is 0 Å². The minimum atomic E-state index is 0.444. The first-order valence-corrected chi connectivity index (χ1v) is 11.5. The summed E-state index contributed by atoms with van der Waals surface area (Å²) in [5.74, 6) is 0.